The van der Waals surface area contributed by atoms with Gasteiger partial charge in [-0.15, -0.1) is 0 Å². The zero-order valence-corrected chi connectivity index (χ0v) is 15.4. The van der Waals surface area contributed by atoms with Crippen molar-refractivity contribution in [1.29, 1.82) is 0 Å². The fourth-order valence-electron chi connectivity index (χ4n) is 2.53. The first-order valence-electron chi connectivity index (χ1n) is 7.94. The third-order valence-electron chi connectivity index (χ3n) is 3.97. The lowest BCUT2D eigenvalue weighted by Gasteiger charge is -2.07. The molecule has 0 fully saturated rings. The van der Waals surface area contributed by atoms with E-state index in [9.17, 15) is 24.3 Å². The van der Waals surface area contributed by atoms with Crippen molar-refractivity contribution < 1.29 is 33.8 Å². The van der Waals surface area contributed by atoms with E-state index in [-0.39, 0.29) is 21.9 Å². The first-order valence-corrected chi connectivity index (χ1v) is 8.32. The monoisotopic (exact) mass is 417 g/mol. The maximum absolute atomic E-state index is 12.4. The van der Waals surface area contributed by atoms with Crippen LogP contribution in [0.2, 0.25) is 5.02 Å². The van der Waals surface area contributed by atoms with Crippen LogP contribution in [0.5, 0.6) is 11.5 Å². The highest BCUT2D eigenvalue weighted by Gasteiger charge is 2.20. The van der Waals surface area contributed by atoms with E-state index < -0.39 is 40.3 Å². The fourth-order valence-corrected chi connectivity index (χ4v) is 2.78. The molecule has 1 aromatic heterocycles. The molecule has 0 atom stereocenters. The average molecular weight is 418 g/mol. The Morgan fingerprint density at radius 2 is 1.79 bits per heavy atom. The molecule has 3 N–H and O–H groups in total. The van der Waals surface area contributed by atoms with Crippen molar-refractivity contribution in [2.24, 2.45) is 0 Å². The Balaban J connectivity index is 1.92. The number of carboxylic acid groups (broad SMARTS) is 1. The topological polar surface area (TPSA) is 143 Å². The predicted octanol–water partition coefficient (Wildman–Crippen LogP) is 2.43. The van der Waals surface area contributed by atoms with Crippen LogP contribution in [0.15, 0.2) is 45.6 Å². The van der Waals surface area contributed by atoms with Crippen LogP contribution in [0.4, 0.5) is 0 Å². The number of halogens is 1. The molecule has 0 bridgehead atoms. The molecule has 9 nitrogen and oxygen atoms in total. The molecule has 0 saturated heterocycles. The molecule has 29 heavy (non-hydrogen) atoms. The van der Waals surface area contributed by atoms with Gasteiger partial charge in [0.2, 0.25) is 0 Å². The lowest BCUT2D eigenvalue weighted by Crippen LogP contribution is -2.33. The zero-order valence-electron chi connectivity index (χ0n) is 14.7. The van der Waals surface area contributed by atoms with Crippen molar-refractivity contribution in [3.8, 4) is 11.5 Å². The number of imide groups is 1. The highest BCUT2D eigenvalue weighted by atomic mass is 35.5. The molecule has 2 amide bonds. The van der Waals surface area contributed by atoms with E-state index in [1.54, 1.807) is 0 Å². The summed E-state index contributed by atoms with van der Waals surface area (Å²) >= 11 is 6.02. The summed E-state index contributed by atoms with van der Waals surface area (Å²) in [5.74, 6) is -3.74. The van der Waals surface area contributed by atoms with Crippen LogP contribution in [0.25, 0.3) is 11.0 Å². The van der Waals surface area contributed by atoms with E-state index in [4.69, 9.17) is 25.9 Å². The number of phenols is 1. The normalized spacial score (nSPS) is 10.6. The summed E-state index contributed by atoms with van der Waals surface area (Å²) in [7, 11) is 1.39. The Kier molecular flexibility index (Phi) is 5.24. The number of fused-ring (bicyclic) bond motifs is 1. The third kappa shape index (κ3) is 3.90. The van der Waals surface area contributed by atoms with E-state index in [0.717, 1.165) is 18.2 Å². The number of aromatic carboxylic acids is 1. The van der Waals surface area contributed by atoms with Crippen LogP contribution in [0.3, 0.4) is 0 Å². The number of benzene rings is 2. The van der Waals surface area contributed by atoms with Gasteiger partial charge >= 0.3 is 11.6 Å². The molecule has 1 heterocycles. The molecule has 0 saturated carbocycles. The van der Waals surface area contributed by atoms with E-state index in [1.807, 2.05) is 5.32 Å². The Bertz CT molecular complexity index is 1230. The number of nitrogens with one attached hydrogen (secondary N) is 1. The number of carbonyl (C=O) groups is 3. The van der Waals surface area contributed by atoms with Crippen molar-refractivity contribution in [1.82, 2.24) is 5.32 Å². The summed E-state index contributed by atoms with van der Waals surface area (Å²) in [5.41, 5.74) is -2.04. The number of carboxylic acids is 1. The van der Waals surface area contributed by atoms with Gasteiger partial charge in [0.1, 0.15) is 28.2 Å². The molecule has 0 aliphatic carbocycles. The molecule has 0 aliphatic rings. The van der Waals surface area contributed by atoms with Gasteiger partial charge in [0.05, 0.1) is 12.1 Å². The molecule has 0 spiro atoms. The molecule has 0 radical (unpaired) electrons. The molecule has 0 aliphatic heterocycles. The average Bonchev–Trinajstić information content (AvgIpc) is 2.67. The van der Waals surface area contributed by atoms with Gasteiger partial charge in [-0.05, 0) is 30.3 Å². The first-order chi connectivity index (χ1) is 13.7. The number of methoxy groups -OCH3 is 1. The van der Waals surface area contributed by atoms with E-state index in [2.05, 4.69) is 0 Å². The van der Waals surface area contributed by atoms with Crippen molar-refractivity contribution in [3.05, 3.63) is 68.5 Å². The fraction of sp³-hybridized carbons (Fsp3) is 0.0526. The van der Waals surface area contributed by atoms with Gasteiger partial charge in [-0.25, -0.2) is 9.59 Å². The second-order valence-corrected chi connectivity index (χ2v) is 6.20. The molecule has 0 unspecified atom stereocenters. The molecule has 3 aromatic rings. The summed E-state index contributed by atoms with van der Waals surface area (Å²) in [4.78, 5) is 47.8. The second-order valence-electron chi connectivity index (χ2n) is 5.79. The van der Waals surface area contributed by atoms with E-state index in [1.165, 1.54) is 25.3 Å². The summed E-state index contributed by atoms with van der Waals surface area (Å²) in [6.45, 7) is 0. The van der Waals surface area contributed by atoms with Gasteiger partial charge in [0, 0.05) is 17.0 Å². The predicted molar refractivity (Wildman–Crippen MR) is 101 cm³/mol. The number of rotatable bonds is 4. The Labute approximate surface area is 167 Å². The summed E-state index contributed by atoms with van der Waals surface area (Å²) in [5, 5.41) is 21.0. The van der Waals surface area contributed by atoms with Crippen LogP contribution >= 0.6 is 11.6 Å². The van der Waals surface area contributed by atoms with Crippen molar-refractivity contribution in [2.45, 2.75) is 0 Å². The number of ether oxygens (including phenoxy) is 1. The van der Waals surface area contributed by atoms with Crippen LogP contribution in [0, 0.1) is 0 Å². The van der Waals surface area contributed by atoms with Gasteiger partial charge in [0.25, 0.3) is 11.8 Å². The van der Waals surface area contributed by atoms with Gasteiger partial charge in [0.15, 0.2) is 0 Å². The highest BCUT2D eigenvalue weighted by molar-refractivity contribution is 6.32. The zero-order chi connectivity index (χ0) is 21.3. The minimum atomic E-state index is -1.45. The van der Waals surface area contributed by atoms with Gasteiger partial charge < -0.3 is 19.4 Å². The minimum absolute atomic E-state index is 0.128. The smallest absolute Gasteiger partial charge is 0.349 e. The Morgan fingerprint density at radius 3 is 2.45 bits per heavy atom. The second kappa shape index (κ2) is 7.64. The SMILES string of the molecule is COc1cc2oc(=O)c(C(=O)NC(=O)c3ccc(O)c(C(=O)O)c3)cc2cc1Cl. The number of aromatic hydroxyl groups is 1. The van der Waals surface area contributed by atoms with Crippen molar-refractivity contribution >= 4 is 40.4 Å². The maximum atomic E-state index is 12.4. The summed E-state index contributed by atoms with van der Waals surface area (Å²) < 4.78 is 10.1. The van der Waals surface area contributed by atoms with E-state index in [0.29, 0.717) is 5.39 Å². The first kappa shape index (κ1) is 19.9. The summed E-state index contributed by atoms with van der Waals surface area (Å²) in [6.07, 6.45) is 0. The van der Waals surface area contributed by atoms with Gasteiger partial charge in [-0.2, -0.15) is 0 Å². The molecule has 3 rings (SSSR count). The van der Waals surface area contributed by atoms with Crippen LogP contribution in [0.1, 0.15) is 31.1 Å². The molecule has 2 aromatic carbocycles. The highest BCUT2D eigenvalue weighted by Crippen LogP contribution is 2.29. The maximum Gasteiger partial charge on any atom is 0.349 e. The molecule has 148 valence electrons. The van der Waals surface area contributed by atoms with Gasteiger partial charge in [-0.3, -0.25) is 14.9 Å². The van der Waals surface area contributed by atoms with Crippen LogP contribution in [-0.2, 0) is 0 Å². The van der Waals surface area contributed by atoms with Crippen LogP contribution in [-0.4, -0.2) is 35.1 Å². The lowest BCUT2D eigenvalue weighted by atomic mass is 10.1. The number of hydrogen-bond donors (Lipinski definition) is 3. The number of carbonyl (C=O) groups excluding carboxylic acids is 2. The van der Waals surface area contributed by atoms with Crippen molar-refractivity contribution in [2.75, 3.05) is 7.11 Å². The molecule has 10 heteroatoms. The molecular formula is C19H12ClNO8. The largest absolute Gasteiger partial charge is 0.507 e. The van der Waals surface area contributed by atoms with E-state index >= 15 is 0 Å². The summed E-state index contributed by atoms with van der Waals surface area (Å²) in [6, 6.07) is 7.04. The number of amides is 2. The number of hydrogen-bond acceptors (Lipinski definition) is 7. The van der Waals surface area contributed by atoms with Crippen molar-refractivity contribution in [3.63, 3.8) is 0 Å². The third-order valence-corrected chi connectivity index (χ3v) is 4.26. The van der Waals surface area contributed by atoms with Crippen LogP contribution < -0.4 is 15.7 Å². The van der Waals surface area contributed by atoms with Gasteiger partial charge in [-0.1, -0.05) is 11.6 Å². The standard InChI is InChI=1S/C19H12ClNO8/c1-28-15-7-14-9(6-12(15)20)5-11(19(27)29-14)17(24)21-16(23)8-2-3-13(22)10(4-8)18(25)26/h2-7,22H,1H3,(H,25,26)(H,21,23,24). The molecular weight excluding hydrogens is 406 g/mol. The Morgan fingerprint density at radius 1 is 1.07 bits per heavy atom. The minimum Gasteiger partial charge on any atom is -0.507 e. The quantitative estimate of drug-likeness (QED) is 0.433. The lowest BCUT2D eigenvalue weighted by molar-refractivity contribution is 0.0693. The Hall–Kier alpha value is -3.85.